The molecule has 7 heteroatoms. The van der Waals surface area contributed by atoms with Gasteiger partial charge in [-0.05, 0) is 31.9 Å². The minimum Gasteiger partial charge on any atom is -0.479 e. The third-order valence-corrected chi connectivity index (χ3v) is 4.25. The number of hydrogen-bond donors (Lipinski definition) is 2. The fourth-order valence-corrected chi connectivity index (χ4v) is 2.36. The Morgan fingerprint density at radius 2 is 2.04 bits per heavy atom. The number of halogens is 1. The molecule has 1 atom stereocenters. The molecule has 6 nitrogen and oxygen atoms in total. The van der Waals surface area contributed by atoms with Crippen molar-refractivity contribution in [3.05, 3.63) is 47.2 Å². The van der Waals surface area contributed by atoms with Gasteiger partial charge in [-0.1, -0.05) is 36.7 Å². The second-order valence-corrected chi connectivity index (χ2v) is 6.63. The molecule has 24 heavy (non-hydrogen) atoms. The second-order valence-electron chi connectivity index (χ2n) is 6.22. The number of carbonyl (C=O) groups excluding carboxylic acids is 1. The first kappa shape index (κ1) is 18.0. The highest BCUT2D eigenvalue weighted by molar-refractivity contribution is 6.31. The van der Waals surface area contributed by atoms with E-state index < -0.39 is 11.5 Å². The zero-order valence-electron chi connectivity index (χ0n) is 13.8. The maximum Gasteiger partial charge on any atom is 0.331 e. The third kappa shape index (κ3) is 3.94. The minimum atomic E-state index is -1.19. The molecule has 0 saturated carbocycles. The molecular formula is C17H20ClN3O3. The topological polar surface area (TPSA) is 84.2 Å². The van der Waals surface area contributed by atoms with Crippen LogP contribution in [0.1, 0.15) is 26.3 Å². The largest absolute Gasteiger partial charge is 0.479 e. The fourth-order valence-electron chi connectivity index (χ4n) is 2.14. The van der Waals surface area contributed by atoms with Gasteiger partial charge in [0.2, 0.25) is 5.91 Å². The van der Waals surface area contributed by atoms with Crippen LogP contribution in [0.4, 0.5) is 5.69 Å². The van der Waals surface area contributed by atoms with E-state index in [9.17, 15) is 14.7 Å². The number of carboxylic acid groups (broad SMARTS) is 1. The quantitative estimate of drug-likeness (QED) is 0.838. The van der Waals surface area contributed by atoms with Crippen LogP contribution in [0.25, 0.3) is 0 Å². The molecule has 1 unspecified atom stereocenters. The van der Waals surface area contributed by atoms with Gasteiger partial charge < -0.3 is 10.4 Å². The van der Waals surface area contributed by atoms with Gasteiger partial charge in [0, 0.05) is 17.1 Å². The number of aromatic nitrogens is 2. The van der Waals surface area contributed by atoms with E-state index >= 15 is 0 Å². The first-order valence-electron chi connectivity index (χ1n) is 7.54. The summed E-state index contributed by atoms with van der Waals surface area (Å²) in [6, 6.07) is 7.40. The van der Waals surface area contributed by atoms with Gasteiger partial charge in [-0.15, -0.1) is 0 Å². The van der Waals surface area contributed by atoms with Gasteiger partial charge in [0.05, 0.1) is 11.9 Å². The van der Waals surface area contributed by atoms with E-state index in [0.29, 0.717) is 17.1 Å². The lowest BCUT2D eigenvalue weighted by Gasteiger charge is -2.19. The molecule has 0 saturated heterocycles. The molecule has 0 spiro atoms. The Labute approximate surface area is 145 Å². The Morgan fingerprint density at radius 3 is 2.67 bits per heavy atom. The standard InChI is InChI=1S/C17H20ClN3O3/c1-11(8-12-6-4-5-7-14(12)18)15(22)20-13-9-19-21(10-13)17(2,3)16(23)24/h4-7,9-11H,8H2,1-3H3,(H,20,22)(H,23,24). The maximum absolute atomic E-state index is 12.3. The van der Waals surface area contributed by atoms with Crippen molar-refractivity contribution >= 4 is 29.2 Å². The van der Waals surface area contributed by atoms with Crippen molar-refractivity contribution in [3.63, 3.8) is 0 Å². The lowest BCUT2D eigenvalue weighted by molar-refractivity contribution is -0.146. The highest BCUT2D eigenvalue weighted by atomic mass is 35.5. The number of carbonyl (C=O) groups is 2. The third-order valence-electron chi connectivity index (χ3n) is 3.88. The molecule has 2 N–H and O–H groups in total. The number of nitrogens with zero attached hydrogens (tertiary/aromatic N) is 2. The van der Waals surface area contributed by atoms with Gasteiger partial charge in [0.1, 0.15) is 0 Å². The Hall–Kier alpha value is -2.34. The van der Waals surface area contributed by atoms with Crippen LogP contribution in [0.15, 0.2) is 36.7 Å². The zero-order valence-corrected chi connectivity index (χ0v) is 14.5. The highest BCUT2D eigenvalue weighted by Gasteiger charge is 2.30. The number of amides is 1. The van der Waals surface area contributed by atoms with Crippen molar-refractivity contribution in [2.45, 2.75) is 32.7 Å². The van der Waals surface area contributed by atoms with E-state index in [-0.39, 0.29) is 11.8 Å². The van der Waals surface area contributed by atoms with Crippen molar-refractivity contribution in [1.29, 1.82) is 0 Å². The van der Waals surface area contributed by atoms with E-state index in [1.54, 1.807) is 6.07 Å². The summed E-state index contributed by atoms with van der Waals surface area (Å²) in [6.07, 6.45) is 3.46. The molecule has 0 fully saturated rings. The van der Waals surface area contributed by atoms with Crippen LogP contribution in [-0.2, 0) is 21.5 Å². The van der Waals surface area contributed by atoms with Crippen LogP contribution >= 0.6 is 11.6 Å². The first-order valence-corrected chi connectivity index (χ1v) is 7.92. The van der Waals surface area contributed by atoms with Crippen molar-refractivity contribution in [2.24, 2.45) is 5.92 Å². The van der Waals surface area contributed by atoms with E-state index in [0.717, 1.165) is 5.56 Å². The first-order chi connectivity index (χ1) is 11.2. The number of hydrogen-bond acceptors (Lipinski definition) is 3. The average molecular weight is 350 g/mol. The summed E-state index contributed by atoms with van der Waals surface area (Å²) in [5.74, 6) is -1.47. The summed E-state index contributed by atoms with van der Waals surface area (Å²) in [5, 5.41) is 16.6. The Kier molecular flexibility index (Phi) is 5.29. The van der Waals surface area contributed by atoms with Crippen LogP contribution in [0.5, 0.6) is 0 Å². The van der Waals surface area contributed by atoms with E-state index in [4.69, 9.17) is 11.6 Å². The average Bonchev–Trinajstić information content (AvgIpc) is 2.98. The number of anilines is 1. The van der Waals surface area contributed by atoms with E-state index in [1.807, 2.05) is 25.1 Å². The summed E-state index contributed by atoms with van der Waals surface area (Å²) in [4.78, 5) is 23.5. The Bertz CT molecular complexity index is 755. The molecule has 1 aromatic heterocycles. The monoisotopic (exact) mass is 349 g/mol. The number of benzene rings is 1. The van der Waals surface area contributed by atoms with Crippen LogP contribution < -0.4 is 5.32 Å². The molecule has 2 aromatic rings. The van der Waals surface area contributed by atoms with Gasteiger partial charge in [0.15, 0.2) is 5.54 Å². The lowest BCUT2D eigenvalue weighted by Crippen LogP contribution is -2.35. The van der Waals surface area contributed by atoms with Gasteiger partial charge in [-0.3, -0.25) is 9.48 Å². The van der Waals surface area contributed by atoms with Gasteiger partial charge >= 0.3 is 5.97 Å². The van der Waals surface area contributed by atoms with Gasteiger partial charge in [0.25, 0.3) is 0 Å². The predicted molar refractivity (Wildman–Crippen MR) is 92.1 cm³/mol. The fraction of sp³-hybridized carbons (Fsp3) is 0.353. The highest BCUT2D eigenvalue weighted by Crippen LogP contribution is 2.21. The number of nitrogens with one attached hydrogen (secondary N) is 1. The summed E-state index contributed by atoms with van der Waals surface area (Å²) in [6.45, 7) is 4.88. The van der Waals surface area contributed by atoms with E-state index in [1.165, 1.54) is 30.9 Å². The molecule has 0 radical (unpaired) electrons. The van der Waals surface area contributed by atoms with Crippen molar-refractivity contribution in [3.8, 4) is 0 Å². The number of carboxylic acids is 1. The zero-order chi connectivity index (χ0) is 17.9. The number of rotatable bonds is 6. The van der Waals surface area contributed by atoms with Crippen molar-refractivity contribution in [1.82, 2.24) is 9.78 Å². The summed E-state index contributed by atoms with van der Waals surface area (Å²) in [5.41, 5.74) is 0.177. The Morgan fingerprint density at radius 1 is 1.38 bits per heavy atom. The SMILES string of the molecule is CC(Cc1ccccc1Cl)C(=O)Nc1cnn(C(C)(C)C(=O)O)c1. The van der Waals surface area contributed by atoms with Crippen LogP contribution in [-0.4, -0.2) is 26.8 Å². The Balaban J connectivity index is 2.03. The molecular weight excluding hydrogens is 330 g/mol. The van der Waals surface area contributed by atoms with E-state index in [2.05, 4.69) is 10.4 Å². The van der Waals surface area contributed by atoms with Crippen LogP contribution in [0.3, 0.4) is 0 Å². The predicted octanol–water partition coefficient (Wildman–Crippen LogP) is 3.17. The molecule has 128 valence electrons. The molecule has 0 aliphatic carbocycles. The molecule has 0 aliphatic heterocycles. The van der Waals surface area contributed by atoms with Crippen LogP contribution in [0, 0.1) is 5.92 Å². The smallest absolute Gasteiger partial charge is 0.331 e. The molecule has 0 bridgehead atoms. The molecule has 1 aromatic carbocycles. The summed E-state index contributed by atoms with van der Waals surface area (Å²) in [7, 11) is 0. The van der Waals surface area contributed by atoms with Crippen molar-refractivity contribution < 1.29 is 14.7 Å². The van der Waals surface area contributed by atoms with Gasteiger partial charge in [-0.2, -0.15) is 5.10 Å². The molecule has 0 aliphatic rings. The van der Waals surface area contributed by atoms with Gasteiger partial charge in [-0.25, -0.2) is 4.79 Å². The van der Waals surface area contributed by atoms with Crippen molar-refractivity contribution in [2.75, 3.05) is 5.32 Å². The molecule has 2 rings (SSSR count). The molecule has 1 amide bonds. The maximum atomic E-state index is 12.3. The lowest BCUT2D eigenvalue weighted by atomic mass is 10.0. The normalized spacial score (nSPS) is 12.7. The summed E-state index contributed by atoms with van der Waals surface area (Å²) < 4.78 is 1.31. The van der Waals surface area contributed by atoms with Crippen LogP contribution in [0.2, 0.25) is 5.02 Å². The second kappa shape index (κ2) is 7.05. The minimum absolute atomic E-state index is 0.178. The number of aliphatic carboxylic acids is 1. The summed E-state index contributed by atoms with van der Waals surface area (Å²) >= 11 is 6.12. The molecule has 1 heterocycles.